The predicted molar refractivity (Wildman–Crippen MR) is 65.7 cm³/mol. The summed E-state index contributed by atoms with van der Waals surface area (Å²) in [6, 6.07) is 3.72. The molecule has 3 N–H and O–H groups in total. The fraction of sp³-hybridized carbons (Fsp3) is 0.417. The number of anilines is 2. The monoisotopic (exact) mass is 273 g/mol. The molecule has 19 heavy (non-hydrogen) atoms. The van der Waals surface area contributed by atoms with E-state index in [9.17, 15) is 18.0 Å². The van der Waals surface area contributed by atoms with E-state index >= 15 is 0 Å². The van der Waals surface area contributed by atoms with Crippen LogP contribution < -0.4 is 16.0 Å². The van der Waals surface area contributed by atoms with Crippen LogP contribution in [0.15, 0.2) is 18.2 Å². The highest BCUT2D eigenvalue weighted by Gasteiger charge is 2.33. The molecule has 1 aromatic carbocycles. The summed E-state index contributed by atoms with van der Waals surface area (Å²) in [5.74, 6) is -0.192. The third-order valence-electron chi connectivity index (χ3n) is 2.97. The van der Waals surface area contributed by atoms with Gasteiger partial charge in [0.1, 0.15) is 0 Å². The molecule has 0 atom stereocenters. The van der Waals surface area contributed by atoms with Crippen molar-refractivity contribution in [1.29, 1.82) is 0 Å². The normalized spacial score (nSPS) is 17.0. The molecule has 104 valence electrons. The lowest BCUT2D eigenvalue weighted by Gasteiger charge is -2.23. The summed E-state index contributed by atoms with van der Waals surface area (Å²) < 4.78 is 38.3. The summed E-state index contributed by atoms with van der Waals surface area (Å²) in [7, 11) is 0. The van der Waals surface area contributed by atoms with Gasteiger partial charge in [0.25, 0.3) is 0 Å². The van der Waals surface area contributed by atoms with E-state index in [4.69, 9.17) is 5.73 Å². The van der Waals surface area contributed by atoms with Crippen LogP contribution in [-0.2, 0) is 11.0 Å². The number of nitrogen functional groups attached to an aromatic ring is 1. The lowest BCUT2D eigenvalue weighted by molar-refractivity contribution is -0.136. The molecule has 0 radical (unpaired) electrons. The molecule has 1 fully saturated rings. The summed E-state index contributed by atoms with van der Waals surface area (Å²) in [6.07, 6.45) is -3.80. The lowest BCUT2D eigenvalue weighted by Crippen LogP contribution is -2.33. The Morgan fingerprint density at radius 2 is 2.05 bits per heavy atom. The molecule has 1 aliphatic rings. The number of carbonyl (C=O) groups is 1. The largest absolute Gasteiger partial charge is 0.418 e. The summed E-state index contributed by atoms with van der Waals surface area (Å²) in [5, 5.41) is 2.67. The molecule has 0 spiro atoms. The first kappa shape index (κ1) is 13.5. The van der Waals surface area contributed by atoms with Gasteiger partial charge in [-0.3, -0.25) is 4.79 Å². The molecule has 0 aliphatic carbocycles. The van der Waals surface area contributed by atoms with Crippen LogP contribution in [0.5, 0.6) is 0 Å². The number of carbonyl (C=O) groups excluding carboxylic acids is 1. The van der Waals surface area contributed by atoms with Gasteiger partial charge in [0.05, 0.1) is 12.1 Å². The highest BCUT2D eigenvalue weighted by Crippen LogP contribution is 2.36. The van der Waals surface area contributed by atoms with Gasteiger partial charge in [-0.2, -0.15) is 13.2 Å². The van der Waals surface area contributed by atoms with Crippen molar-refractivity contribution < 1.29 is 18.0 Å². The number of alkyl halides is 3. The molecule has 4 nitrogen and oxygen atoms in total. The molecule has 2 rings (SSSR count). The van der Waals surface area contributed by atoms with Gasteiger partial charge in [0.15, 0.2) is 0 Å². The van der Waals surface area contributed by atoms with Gasteiger partial charge in [0, 0.05) is 24.5 Å². The Labute approximate surface area is 108 Å². The summed E-state index contributed by atoms with van der Waals surface area (Å²) in [4.78, 5) is 13.0. The molecule has 0 bridgehead atoms. The molecule has 0 saturated carbocycles. The maximum Gasteiger partial charge on any atom is 0.418 e. The summed E-state index contributed by atoms with van der Waals surface area (Å²) in [6.45, 7) is 1.12. The maximum absolute atomic E-state index is 12.8. The molecule has 1 saturated heterocycles. The molecule has 1 amide bonds. The standard InChI is InChI=1S/C12H14F3N3O/c13-12(14,15)9-6-8(2-3-10(9)16)18-5-1-4-17-11(19)7-18/h2-3,6H,1,4-5,7,16H2,(H,17,19). The van der Waals surface area contributed by atoms with Gasteiger partial charge >= 0.3 is 6.18 Å². The van der Waals surface area contributed by atoms with E-state index in [1.165, 1.54) is 12.1 Å². The van der Waals surface area contributed by atoms with E-state index in [0.29, 0.717) is 25.2 Å². The second-order valence-electron chi connectivity index (χ2n) is 4.39. The average molecular weight is 273 g/mol. The van der Waals surface area contributed by atoms with Gasteiger partial charge in [0.2, 0.25) is 5.91 Å². The number of nitrogens with one attached hydrogen (secondary N) is 1. The molecule has 1 aliphatic heterocycles. The van der Waals surface area contributed by atoms with Crippen LogP contribution in [0.1, 0.15) is 12.0 Å². The first-order valence-electron chi connectivity index (χ1n) is 5.86. The highest BCUT2D eigenvalue weighted by molar-refractivity contribution is 5.82. The predicted octanol–water partition coefficient (Wildman–Crippen LogP) is 1.61. The van der Waals surface area contributed by atoms with E-state index in [2.05, 4.69) is 5.32 Å². The molecular formula is C12H14F3N3O. The van der Waals surface area contributed by atoms with Crippen molar-refractivity contribution in [2.24, 2.45) is 0 Å². The van der Waals surface area contributed by atoms with Crippen molar-refractivity contribution >= 4 is 17.3 Å². The fourth-order valence-corrected chi connectivity index (χ4v) is 2.01. The third-order valence-corrected chi connectivity index (χ3v) is 2.97. The Hall–Kier alpha value is -1.92. The lowest BCUT2D eigenvalue weighted by atomic mass is 10.1. The van der Waals surface area contributed by atoms with Crippen LogP contribution in [0.2, 0.25) is 0 Å². The SMILES string of the molecule is Nc1ccc(N2CCCNC(=O)C2)cc1C(F)(F)F. The quantitative estimate of drug-likeness (QED) is 0.764. The Balaban J connectivity index is 2.32. The van der Waals surface area contributed by atoms with E-state index < -0.39 is 11.7 Å². The summed E-state index contributed by atoms with van der Waals surface area (Å²) >= 11 is 0. The highest BCUT2D eigenvalue weighted by atomic mass is 19.4. The second-order valence-corrected chi connectivity index (χ2v) is 4.39. The first-order chi connectivity index (χ1) is 8.88. The zero-order valence-electron chi connectivity index (χ0n) is 10.1. The Bertz CT molecular complexity index is 488. The van der Waals surface area contributed by atoms with Crippen molar-refractivity contribution in [3.8, 4) is 0 Å². The van der Waals surface area contributed by atoms with E-state index in [1.54, 1.807) is 4.90 Å². The topological polar surface area (TPSA) is 58.4 Å². The van der Waals surface area contributed by atoms with Gasteiger partial charge in [-0.25, -0.2) is 0 Å². The van der Waals surface area contributed by atoms with Crippen molar-refractivity contribution in [2.45, 2.75) is 12.6 Å². The number of hydrogen-bond acceptors (Lipinski definition) is 3. The van der Waals surface area contributed by atoms with Crippen molar-refractivity contribution in [2.75, 3.05) is 30.3 Å². The fourth-order valence-electron chi connectivity index (χ4n) is 2.01. The van der Waals surface area contributed by atoms with Crippen LogP contribution in [0.25, 0.3) is 0 Å². The number of hydrogen-bond donors (Lipinski definition) is 2. The second kappa shape index (κ2) is 4.99. The van der Waals surface area contributed by atoms with E-state index in [-0.39, 0.29) is 18.1 Å². The van der Waals surface area contributed by atoms with Gasteiger partial charge < -0.3 is 16.0 Å². The molecule has 0 unspecified atom stereocenters. The Morgan fingerprint density at radius 3 is 2.74 bits per heavy atom. The minimum absolute atomic E-state index is 0.0568. The molecule has 0 aromatic heterocycles. The van der Waals surface area contributed by atoms with Crippen LogP contribution in [0.3, 0.4) is 0 Å². The first-order valence-corrected chi connectivity index (χ1v) is 5.86. The number of halogens is 3. The molecule has 7 heteroatoms. The van der Waals surface area contributed by atoms with Crippen LogP contribution >= 0.6 is 0 Å². The van der Waals surface area contributed by atoms with Crippen molar-refractivity contribution in [3.05, 3.63) is 23.8 Å². The number of nitrogens with zero attached hydrogens (tertiary/aromatic N) is 1. The number of nitrogens with two attached hydrogens (primary N) is 1. The minimum atomic E-state index is -4.49. The summed E-state index contributed by atoms with van der Waals surface area (Å²) in [5.41, 5.74) is 4.53. The number of rotatable bonds is 1. The molecule has 1 heterocycles. The van der Waals surface area contributed by atoms with E-state index in [0.717, 1.165) is 6.07 Å². The van der Waals surface area contributed by atoms with Crippen LogP contribution in [0.4, 0.5) is 24.5 Å². The zero-order chi connectivity index (χ0) is 14.0. The molecule has 1 aromatic rings. The zero-order valence-corrected chi connectivity index (χ0v) is 10.1. The van der Waals surface area contributed by atoms with Gasteiger partial charge in [-0.1, -0.05) is 0 Å². The maximum atomic E-state index is 12.8. The number of benzene rings is 1. The Morgan fingerprint density at radius 1 is 1.32 bits per heavy atom. The van der Waals surface area contributed by atoms with Crippen LogP contribution in [0, 0.1) is 0 Å². The van der Waals surface area contributed by atoms with Crippen LogP contribution in [-0.4, -0.2) is 25.5 Å². The molecular weight excluding hydrogens is 259 g/mol. The third kappa shape index (κ3) is 3.10. The Kier molecular flexibility index (Phi) is 3.55. The van der Waals surface area contributed by atoms with Crippen molar-refractivity contribution in [3.63, 3.8) is 0 Å². The number of amides is 1. The van der Waals surface area contributed by atoms with Crippen molar-refractivity contribution in [1.82, 2.24) is 5.32 Å². The smallest absolute Gasteiger partial charge is 0.398 e. The van der Waals surface area contributed by atoms with Gasteiger partial charge in [-0.15, -0.1) is 0 Å². The van der Waals surface area contributed by atoms with E-state index in [1.807, 2.05) is 0 Å². The minimum Gasteiger partial charge on any atom is -0.398 e. The van der Waals surface area contributed by atoms with Gasteiger partial charge in [-0.05, 0) is 24.6 Å². The average Bonchev–Trinajstić information content (AvgIpc) is 2.53.